The SMILES string of the molecule is CC(C)[C@@H](CC(=O)[O-])NC(=O)OCC1c2ccccc2-c2ccccc21. The summed E-state index contributed by atoms with van der Waals surface area (Å²) in [7, 11) is 0. The Hall–Kier alpha value is -2.82. The van der Waals surface area contributed by atoms with E-state index in [1.807, 2.05) is 50.2 Å². The van der Waals surface area contributed by atoms with Gasteiger partial charge in [-0.2, -0.15) is 0 Å². The normalized spacial score (nSPS) is 13.8. The predicted molar refractivity (Wildman–Crippen MR) is 96.5 cm³/mol. The zero-order valence-electron chi connectivity index (χ0n) is 14.9. The third kappa shape index (κ3) is 3.72. The Labute approximate surface area is 153 Å². The summed E-state index contributed by atoms with van der Waals surface area (Å²) in [6, 6.07) is 15.7. The van der Waals surface area contributed by atoms with Crippen LogP contribution in [0.4, 0.5) is 4.79 Å². The number of hydrogen-bond acceptors (Lipinski definition) is 4. The Kier molecular flexibility index (Phi) is 5.26. The number of hydrogen-bond donors (Lipinski definition) is 1. The van der Waals surface area contributed by atoms with Crippen molar-refractivity contribution in [3.05, 3.63) is 59.7 Å². The molecule has 0 aromatic heterocycles. The molecule has 0 bridgehead atoms. The standard InChI is InChI=1S/C21H23NO4/c1-13(2)19(11-20(23)24)22-21(25)26-12-18-16-9-5-3-7-14(16)15-8-4-6-10-17(15)18/h3-10,13,18-19H,11-12H2,1-2H3,(H,22,25)(H,23,24)/p-1/t19-/m1/s1. The summed E-state index contributed by atoms with van der Waals surface area (Å²) in [6.45, 7) is 3.89. The molecule has 1 atom stereocenters. The minimum atomic E-state index is -1.19. The third-order valence-electron chi connectivity index (χ3n) is 4.84. The molecule has 0 heterocycles. The average molecular weight is 352 g/mol. The maximum absolute atomic E-state index is 12.2. The third-order valence-corrected chi connectivity index (χ3v) is 4.84. The van der Waals surface area contributed by atoms with E-state index in [0.717, 1.165) is 22.3 Å². The Morgan fingerprint density at radius 3 is 2.08 bits per heavy atom. The number of aliphatic carboxylic acids is 1. The Morgan fingerprint density at radius 2 is 1.58 bits per heavy atom. The van der Waals surface area contributed by atoms with Gasteiger partial charge in [0.05, 0.1) is 0 Å². The summed E-state index contributed by atoms with van der Waals surface area (Å²) < 4.78 is 5.44. The largest absolute Gasteiger partial charge is 0.550 e. The van der Waals surface area contributed by atoms with Crippen LogP contribution >= 0.6 is 0 Å². The van der Waals surface area contributed by atoms with E-state index in [2.05, 4.69) is 17.4 Å². The van der Waals surface area contributed by atoms with Gasteiger partial charge in [0.1, 0.15) is 6.61 Å². The van der Waals surface area contributed by atoms with Gasteiger partial charge in [0.2, 0.25) is 0 Å². The maximum atomic E-state index is 12.2. The van der Waals surface area contributed by atoms with E-state index in [1.54, 1.807) is 0 Å². The molecule has 0 radical (unpaired) electrons. The number of carbonyl (C=O) groups excluding carboxylic acids is 2. The fourth-order valence-electron chi connectivity index (χ4n) is 3.42. The van der Waals surface area contributed by atoms with Crippen LogP contribution in [0.3, 0.4) is 0 Å². The van der Waals surface area contributed by atoms with Crippen molar-refractivity contribution in [2.24, 2.45) is 5.92 Å². The van der Waals surface area contributed by atoms with Crippen LogP contribution in [0.25, 0.3) is 11.1 Å². The Balaban J connectivity index is 1.70. The van der Waals surface area contributed by atoms with Gasteiger partial charge in [0, 0.05) is 24.3 Å². The monoisotopic (exact) mass is 352 g/mol. The van der Waals surface area contributed by atoms with Crippen molar-refractivity contribution in [3.8, 4) is 11.1 Å². The first-order chi connectivity index (χ1) is 12.5. The highest BCUT2D eigenvalue weighted by Crippen LogP contribution is 2.44. The van der Waals surface area contributed by atoms with E-state index in [4.69, 9.17) is 4.74 Å². The molecule has 0 fully saturated rings. The number of amides is 1. The number of benzene rings is 2. The fraction of sp³-hybridized carbons (Fsp3) is 0.333. The lowest BCUT2D eigenvalue weighted by molar-refractivity contribution is -0.306. The summed E-state index contributed by atoms with van der Waals surface area (Å²) in [5.74, 6) is -1.25. The van der Waals surface area contributed by atoms with Gasteiger partial charge in [0.15, 0.2) is 0 Å². The minimum absolute atomic E-state index is 0.0215. The van der Waals surface area contributed by atoms with Crippen LogP contribution < -0.4 is 10.4 Å². The van der Waals surface area contributed by atoms with Crippen LogP contribution in [0.15, 0.2) is 48.5 Å². The van der Waals surface area contributed by atoms with Crippen molar-refractivity contribution in [1.82, 2.24) is 5.32 Å². The summed E-state index contributed by atoms with van der Waals surface area (Å²) in [5, 5.41) is 13.5. The van der Waals surface area contributed by atoms with Crippen molar-refractivity contribution >= 4 is 12.1 Å². The molecule has 26 heavy (non-hydrogen) atoms. The lowest BCUT2D eigenvalue weighted by atomic mass is 9.98. The Bertz CT molecular complexity index is 770. The van der Waals surface area contributed by atoms with Gasteiger partial charge in [-0.25, -0.2) is 4.79 Å². The lowest BCUT2D eigenvalue weighted by Gasteiger charge is -2.23. The van der Waals surface area contributed by atoms with Crippen LogP contribution in [0, 0.1) is 5.92 Å². The van der Waals surface area contributed by atoms with Crippen LogP contribution in [0.5, 0.6) is 0 Å². The second-order valence-corrected chi connectivity index (χ2v) is 6.90. The van der Waals surface area contributed by atoms with Crippen molar-refractivity contribution in [2.75, 3.05) is 6.61 Å². The topological polar surface area (TPSA) is 78.5 Å². The zero-order valence-corrected chi connectivity index (χ0v) is 14.9. The smallest absolute Gasteiger partial charge is 0.407 e. The zero-order chi connectivity index (χ0) is 18.7. The molecule has 0 spiro atoms. The number of rotatable bonds is 6. The maximum Gasteiger partial charge on any atom is 0.407 e. The molecule has 1 aliphatic carbocycles. The number of nitrogens with one attached hydrogen (secondary N) is 1. The predicted octanol–water partition coefficient (Wildman–Crippen LogP) is 2.69. The van der Waals surface area contributed by atoms with E-state index < -0.39 is 18.1 Å². The van der Waals surface area contributed by atoms with E-state index in [0.29, 0.717) is 0 Å². The molecule has 0 saturated heterocycles. The molecule has 5 nitrogen and oxygen atoms in total. The average Bonchev–Trinajstić information content (AvgIpc) is 2.93. The van der Waals surface area contributed by atoms with Gasteiger partial charge in [-0.15, -0.1) is 0 Å². The highest BCUT2D eigenvalue weighted by atomic mass is 16.5. The number of carboxylic acids is 1. The highest BCUT2D eigenvalue weighted by Gasteiger charge is 2.29. The first-order valence-electron chi connectivity index (χ1n) is 8.78. The molecule has 0 unspecified atom stereocenters. The quantitative estimate of drug-likeness (QED) is 0.867. The molecule has 2 aromatic rings. The molecule has 2 aromatic carbocycles. The van der Waals surface area contributed by atoms with Crippen molar-refractivity contribution in [2.45, 2.75) is 32.2 Å². The van der Waals surface area contributed by atoms with Crippen LogP contribution in [0.2, 0.25) is 0 Å². The number of carbonyl (C=O) groups is 2. The molecular formula is C21H22NO4-. The molecule has 0 saturated carbocycles. The van der Waals surface area contributed by atoms with E-state index in [9.17, 15) is 14.7 Å². The first kappa shape index (κ1) is 18.0. The number of ether oxygens (including phenoxy) is 1. The highest BCUT2D eigenvalue weighted by molar-refractivity contribution is 5.79. The molecule has 1 amide bonds. The van der Waals surface area contributed by atoms with Crippen LogP contribution in [0.1, 0.15) is 37.3 Å². The molecule has 1 aliphatic rings. The first-order valence-corrected chi connectivity index (χ1v) is 8.78. The van der Waals surface area contributed by atoms with E-state index in [1.165, 1.54) is 0 Å². The molecule has 1 N–H and O–H groups in total. The summed E-state index contributed by atoms with van der Waals surface area (Å²) in [6.07, 6.45) is -0.839. The van der Waals surface area contributed by atoms with Crippen LogP contribution in [-0.4, -0.2) is 24.7 Å². The summed E-state index contributed by atoms with van der Waals surface area (Å²) >= 11 is 0. The molecule has 0 aliphatic heterocycles. The van der Waals surface area contributed by atoms with Gasteiger partial charge in [-0.1, -0.05) is 62.4 Å². The van der Waals surface area contributed by atoms with Crippen molar-refractivity contribution < 1.29 is 19.4 Å². The summed E-state index contributed by atoms with van der Waals surface area (Å²) in [4.78, 5) is 23.0. The molecule has 3 rings (SSSR count). The molecule has 5 heteroatoms. The van der Waals surface area contributed by atoms with E-state index in [-0.39, 0.29) is 24.9 Å². The summed E-state index contributed by atoms with van der Waals surface area (Å²) in [5.41, 5.74) is 4.59. The van der Waals surface area contributed by atoms with Gasteiger partial charge in [0.25, 0.3) is 0 Å². The number of fused-ring (bicyclic) bond motifs is 3. The van der Waals surface area contributed by atoms with Gasteiger partial charge in [-0.05, 0) is 28.2 Å². The second kappa shape index (κ2) is 7.60. The molecule has 136 valence electrons. The number of carboxylic acid groups (broad SMARTS) is 1. The van der Waals surface area contributed by atoms with E-state index >= 15 is 0 Å². The second-order valence-electron chi connectivity index (χ2n) is 6.90. The van der Waals surface area contributed by atoms with Gasteiger partial charge in [-0.3, -0.25) is 0 Å². The van der Waals surface area contributed by atoms with Gasteiger partial charge >= 0.3 is 6.09 Å². The minimum Gasteiger partial charge on any atom is -0.550 e. The van der Waals surface area contributed by atoms with Crippen LogP contribution in [-0.2, 0) is 9.53 Å². The lowest BCUT2D eigenvalue weighted by Crippen LogP contribution is -2.43. The molecular weight excluding hydrogens is 330 g/mol. The number of alkyl carbamates (subject to hydrolysis) is 1. The van der Waals surface area contributed by atoms with Crippen molar-refractivity contribution in [3.63, 3.8) is 0 Å². The fourth-order valence-corrected chi connectivity index (χ4v) is 3.42. The van der Waals surface area contributed by atoms with Crippen molar-refractivity contribution in [1.29, 1.82) is 0 Å². The Morgan fingerprint density at radius 1 is 1.04 bits per heavy atom. The van der Waals surface area contributed by atoms with Gasteiger partial charge < -0.3 is 20.0 Å².